The quantitative estimate of drug-likeness (QED) is 0.683. The summed E-state index contributed by atoms with van der Waals surface area (Å²) in [5, 5.41) is 3.43. The molecule has 0 aromatic heterocycles. The van der Waals surface area contributed by atoms with E-state index >= 15 is 0 Å². The van der Waals surface area contributed by atoms with Crippen molar-refractivity contribution >= 4 is 0 Å². The topological polar surface area (TPSA) is 15.3 Å². The molecular formula is C11H26N2. The van der Waals surface area contributed by atoms with Crippen molar-refractivity contribution in [2.45, 2.75) is 52.6 Å². The van der Waals surface area contributed by atoms with Crippen LogP contribution in [0.5, 0.6) is 0 Å². The fraction of sp³-hybridized carbons (Fsp3) is 1.00. The molecule has 0 heterocycles. The number of rotatable bonds is 6. The summed E-state index contributed by atoms with van der Waals surface area (Å²) in [6.07, 6.45) is 1.20. The minimum absolute atomic E-state index is 0.332. The molecule has 0 aromatic rings. The van der Waals surface area contributed by atoms with E-state index in [-0.39, 0.29) is 0 Å². The number of nitrogens with zero attached hydrogens (tertiary/aromatic N) is 1. The van der Waals surface area contributed by atoms with Crippen molar-refractivity contribution in [1.29, 1.82) is 0 Å². The fourth-order valence-corrected chi connectivity index (χ4v) is 1.09. The van der Waals surface area contributed by atoms with E-state index in [9.17, 15) is 0 Å². The van der Waals surface area contributed by atoms with Gasteiger partial charge in [0.25, 0.3) is 0 Å². The Morgan fingerprint density at radius 3 is 2.23 bits per heavy atom. The molecule has 0 radical (unpaired) electrons. The van der Waals surface area contributed by atoms with Gasteiger partial charge in [0.1, 0.15) is 0 Å². The first-order valence-corrected chi connectivity index (χ1v) is 5.34. The van der Waals surface area contributed by atoms with E-state index in [2.05, 4.69) is 51.9 Å². The SMILES string of the molecule is CCC(C)(C)N(C)CCNC(C)C. The van der Waals surface area contributed by atoms with Crippen molar-refractivity contribution in [3.05, 3.63) is 0 Å². The van der Waals surface area contributed by atoms with E-state index < -0.39 is 0 Å². The van der Waals surface area contributed by atoms with Gasteiger partial charge < -0.3 is 5.32 Å². The Morgan fingerprint density at radius 1 is 1.31 bits per heavy atom. The number of hydrogen-bond donors (Lipinski definition) is 1. The smallest absolute Gasteiger partial charge is 0.0148 e. The molecule has 0 aliphatic carbocycles. The lowest BCUT2D eigenvalue weighted by Crippen LogP contribution is -2.44. The van der Waals surface area contributed by atoms with Gasteiger partial charge in [0.05, 0.1) is 0 Å². The molecular weight excluding hydrogens is 160 g/mol. The second-order valence-electron chi connectivity index (χ2n) is 4.70. The summed E-state index contributed by atoms with van der Waals surface area (Å²) < 4.78 is 0. The maximum atomic E-state index is 3.43. The van der Waals surface area contributed by atoms with E-state index in [1.165, 1.54) is 6.42 Å². The molecule has 0 rings (SSSR count). The highest BCUT2D eigenvalue weighted by Gasteiger charge is 2.19. The van der Waals surface area contributed by atoms with Crippen LogP contribution in [0, 0.1) is 0 Å². The third-order valence-corrected chi connectivity index (χ3v) is 2.90. The van der Waals surface area contributed by atoms with Crippen LogP contribution >= 0.6 is 0 Å². The maximum absolute atomic E-state index is 3.43. The minimum atomic E-state index is 0.332. The zero-order valence-corrected chi connectivity index (χ0v) is 10.1. The van der Waals surface area contributed by atoms with Gasteiger partial charge in [-0.25, -0.2) is 0 Å². The summed E-state index contributed by atoms with van der Waals surface area (Å²) in [4.78, 5) is 2.42. The van der Waals surface area contributed by atoms with Crippen molar-refractivity contribution < 1.29 is 0 Å². The monoisotopic (exact) mass is 186 g/mol. The summed E-state index contributed by atoms with van der Waals surface area (Å²) >= 11 is 0. The molecule has 0 atom stereocenters. The summed E-state index contributed by atoms with van der Waals surface area (Å²) in [5.74, 6) is 0. The molecule has 0 aliphatic heterocycles. The van der Waals surface area contributed by atoms with Crippen LogP contribution in [-0.4, -0.2) is 36.6 Å². The van der Waals surface area contributed by atoms with Gasteiger partial charge >= 0.3 is 0 Å². The standard InChI is InChI=1S/C11H26N2/c1-7-11(4,5)13(6)9-8-12-10(2)3/h10,12H,7-9H2,1-6H3. The molecule has 0 saturated heterocycles. The van der Waals surface area contributed by atoms with Crippen LogP contribution in [0.4, 0.5) is 0 Å². The van der Waals surface area contributed by atoms with Crippen LogP contribution in [0.1, 0.15) is 41.0 Å². The first-order valence-electron chi connectivity index (χ1n) is 5.34. The second-order valence-corrected chi connectivity index (χ2v) is 4.70. The van der Waals surface area contributed by atoms with E-state index in [1.54, 1.807) is 0 Å². The summed E-state index contributed by atoms with van der Waals surface area (Å²) in [6, 6.07) is 0.595. The third-order valence-electron chi connectivity index (χ3n) is 2.90. The highest BCUT2D eigenvalue weighted by atomic mass is 15.2. The van der Waals surface area contributed by atoms with Gasteiger partial charge in [-0.2, -0.15) is 0 Å². The zero-order chi connectivity index (χ0) is 10.5. The largest absolute Gasteiger partial charge is 0.313 e. The zero-order valence-electron chi connectivity index (χ0n) is 10.1. The number of hydrogen-bond acceptors (Lipinski definition) is 2. The lowest BCUT2D eigenvalue weighted by molar-refractivity contribution is 0.151. The molecule has 0 amide bonds. The van der Waals surface area contributed by atoms with Gasteiger partial charge in [-0.3, -0.25) is 4.90 Å². The molecule has 0 spiro atoms. The van der Waals surface area contributed by atoms with Gasteiger partial charge in [0.15, 0.2) is 0 Å². The predicted molar refractivity (Wildman–Crippen MR) is 60.1 cm³/mol. The molecule has 0 bridgehead atoms. The maximum Gasteiger partial charge on any atom is 0.0148 e. The Morgan fingerprint density at radius 2 is 1.85 bits per heavy atom. The van der Waals surface area contributed by atoms with Crippen molar-refractivity contribution in [3.8, 4) is 0 Å². The van der Waals surface area contributed by atoms with Gasteiger partial charge in [0.2, 0.25) is 0 Å². The van der Waals surface area contributed by atoms with E-state index in [1.807, 2.05) is 0 Å². The van der Waals surface area contributed by atoms with Gasteiger partial charge in [-0.05, 0) is 27.3 Å². The molecule has 0 fully saturated rings. The average molecular weight is 186 g/mol. The fourth-order valence-electron chi connectivity index (χ4n) is 1.09. The van der Waals surface area contributed by atoms with Gasteiger partial charge in [-0.1, -0.05) is 20.8 Å². The molecule has 13 heavy (non-hydrogen) atoms. The molecule has 2 heteroatoms. The van der Waals surface area contributed by atoms with Crippen molar-refractivity contribution in [2.24, 2.45) is 0 Å². The second kappa shape index (κ2) is 5.61. The van der Waals surface area contributed by atoms with E-state index in [0.717, 1.165) is 13.1 Å². The van der Waals surface area contributed by atoms with Crippen LogP contribution in [0.2, 0.25) is 0 Å². The molecule has 1 N–H and O–H groups in total. The molecule has 80 valence electrons. The van der Waals surface area contributed by atoms with E-state index in [0.29, 0.717) is 11.6 Å². The Labute approximate surface area is 83.7 Å². The third kappa shape index (κ3) is 5.27. The Hall–Kier alpha value is -0.0800. The van der Waals surface area contributed by atoms with Crippen molar-refractivity contribution in [1.82, 2.24) is 10.2 Å². The van der Waals surface area contributed by atoms with Crippen LogP contribution < -0.4 is 5.32 Å². The normalized spacial score (nSPS) is 12.9. The molecule has 0 saturated carbocycles. The van der Waals surface area contributed by atoms with Crippen molar-refractivity contribution in [2.75, 3.05) is 20.1 Å². The lowest BCUT2D eigenvalue weighted by atomic mass is 10.0. The van der Waals surface area contributed by atoms with Crippen LogP contribution in [-0.2, 0) is 0 Å². The van der Waals surface area contributed by atoms with Crippen LogP contribution in [0.25, 0.3) is 0 Å². The lowest BCUT2D eigenvalue weighted by Gasteiger charge is -2.35. The van der Waals surface area contributed by atoms with E-state index in [4.69, 9.17) is 0 Å². The Bertz CT molecular complexity index is 130. The Kier molecular flexibility index (Phi) is 5.57. The van der Waals surface area contributed by atoms with Gasteiger partial charge in [-0.15, -0.1) is 0 Å². The Balaban J connectivity index is 3.68. The highest BCUT2D eigenvalue weighted by molar-refractivity contribution is 4.77. The average Bonchev–Trinajstić information content (AvgIpc) is 2.03. The molecule has 0 aliphatic rings. The molecule has 0 aromatic carbocycles. The summed E-state index contributed by atoms with van der Waals surface area (Å²) in [5.41, 5.74) is 0.332. The highest BCUT2D eigenvalue weighted by Crippen LogP contribution is 2.15. The number of nitrogens with one attached hydrogen (secondary N) is 1. The molecule has 2 nitrogen and oxygen atoms in total. The van der Waals surface area contributed by atoms with Crippen LogP contribution in [0.15, 0.2) is 0 Å². The summed E-state index contributed by atoms with van der Waals surface area (Å²) in [6.45, 7) is 13.4. The molecule has 0 unspecified atom stereocenters. The minimum Gasteiger partial charge on any atom is -0.313 e. The first-order chi connectivity index (χ1) is 5.90. The number of likely N-dealkylation sites (N-methyl/N-ethyl adjacent to an activating group) is 1. The predicted octanol–water partition coefficient (Wildman–Crippen LogP) is 2.10. The first kappa shape index (κ1) is 12.9. The van der Waals surface area contributed by atoms with Crippen LogP contribution in [0.3, 0.4) is 0 Å². The van der Waals surface area contributed by atoms with Gasteiger partial charge in [0, 0.05) is 24.7 Å². The van der Waals surface area contributed by atoms with Crippen molar-refractivity contribution in [3.63, 3.8) is 0 Å². The summed E-state index contributed by atoms with van der Waals surface area (Å²) in [7, 11) is 2.20.